The Bertz CT molecular complexity index is 870. The monoisotopic (exact) mass is 288 g/mol. The van der Waals surface area contributed by atoms with Crippen LogP contribution in [0.25, 0.3) is 22.5 Å². The van der Waals surface area contributed by atoms with Gasteiger partial charge in [0.25, 0.3) is 0 Å². The third kappa shape index (κ3) is 2.45. The highest BCUT2D eigenvalue weighted by atomic mass is 16.3. The van der Waals surface area contributed by atoms with Crippen LogP contribution in [0.2, 0.25) is 0 Å². The predicted octanol–water partition coefficient (Wildman–Crippen LogP) is 2.97. The van der Waals surface area contributed by atoms with E-state index in [1.807, 2.05) is 36.4 Å². The number of anilines is 1. The summed E-state index contributed by atoms with van der Waals surface area (Å²) in [6, 6.07) is 16.3. The van der Waals surface area contributed by atoms with Crippen LogP contribution in [0.1, 0.15) is 5.56 Å². The molecule has 3 N–H and O–H groups in total. The van der Waals surface area contributed by atoms with Crippen molar-refractivity contribution in [3.05, 3.63) is 60.3 Å². The van der Waals surface area contributed by atoms with Crippen molar-refractivity contribution in [3.8, 4) is 34.3 Å². The Kier molecular flexibility index (Phi) is 3.42. The van der Waals surface area contributed by atoms with Crippen LogP contribution in [-0.4, -0.2) is 15.1 Å². The zero-order valence-corrected chi connectivity index (χ0v) is 11.6. The average Bonchev–Trinajstić information content (AvgIpc) is 2.56. The summed E-state index contributed by atoms with van der Waals surface area (Å²) in [5, 5.41) is 18.7. The van der Waals surface area contributed by atoms with Gasteiger partial charge in [0.2, 0.25) is 0 Å². The molecule has 0 aliphatic rings. The fourth-order valence-electron chi connectivity index (χ4n) is 2.18. The van der Waals surface area contributed by atoms with Gasteiger partial charge in [0.15, 0.2) is 0 Å². The molecule has 3 aromatic rings. The lowest BCUT2D eigenvalue weighted by atomic mass is 10.0. The zero-order chi connectivity index (χ0) is 15.5. The Morgan fingerprint density at radius 1 is 1.00 bits per heavy atom. The van der Waals surface area contributed by atoms with Crippen LogP contribution in [0.15, 0.2) is 54.7 Å². The summed E-state index contributed by atoms with van der Waals surface area (Å²) < 4.78 is 0. The van der Waals surface area contributed by atoms with E-state index in [2.05, 4.69) is 9.97 Å². The number of hydrogen-bond donors (Lipinski definition) is 2. The fourth-order valence-corrected chi connectivity index (χ4v) is 2.18. The lowest BCUT2D eigenvalue weighted by Gasteiger charge is -2.09. The van der Waals surface area contributed by atoms with Crippen LogP contribution in [0.4, 0.5) is 5.82 Å². The molecule has 1 heterocycles. The van der Waals surface area contributed by atoms with Crippen LogP contribution in [0.5, 0.6) is 5.75 Å². The molecule has 0 aliphatic carbocycles. The van der Waals surface area contributed by atoms with Crippen molar-refractivity contribution in [2.24, 2.45) is 0 Å². The van der Waals surface area contributed by atoms with Crippen molar-refractivity contribution in [2.45, 2.75) is 0 Å². The van der Waals surface area contributed by atoms with E-state index in [-0.39, 0.29) is 11.3 Å². The first-order valence-corrected chi connectivity index (χ1v) is 6.60. The van der Waals surface area contributed by atoms with E-state index in [4.69, 9.17) is 11.0 Å². The number of nitrogens with zero attached hydrogens (tertiary/aromatic N) is 3. The lowest BCUT2D eigenvalue weighted by Crippen LogP contribution is -1.98. The number of phenols is 1. The Balaban J connectivity index is 2.22. The maximum Gasteiger partial charge on any atom is 0.142 e. The highest BCUT2D eigenvalue weighted by molar-refractivity contribution is 5.79. The number of aromatic hydroxyl groups is 1. The van der Waals surface area contributed by atoms with Crippen molar-refractivity contribution >= 4 is 5.82 Å². The van der Waals surface area contributed by atoms with Crippen molar-refractivity contribution in [1.29, 1.82) is 5.26 Å². The Morgan fingerprint density at radius 2 is 1.77 bits per heavy atom. The van der Waals surface area contributed by atoms with Crippen LogP contribution >= 0.6 is 0 Å². The molecule has 0 spiro atoms. The van der Waals surface area contributed by atoms with E-state index in [9.17, 15) is 5.11 Å². The van der Waals surface area contributed by atoms with Crippen molar-refractivity contribution in [2.75, 3.05) is 5.73 Å². The molecule has 0 saturated heterocycles. The average molecular weight is 288 g/mol. The standard InChI is InChI=1S/C17H12N4O/c18-9-13-8-12(6-7-14(13)22)16-17(21-15(19)10-20-16)11-4-2-1-3-5-11/h1-8,10,22H,(H2,19,21). The molecular formula is C17H12N4O. The van der Waals surface area contributed by atoms with Gasteiger partial charge in [-0.1, -0.05) is 30.3 Å². The molecule has 0 fully saturated rings. The highest BCUT2D eigenvalue weighted by Gasteiger charge is 2.13. The number of nitriles is 1. The minimum absolute atomic E-state index is 0.0593. The molecule has 5 heteroatoms. The summed E-state index contributed by atoms with van der Waals surface area (Å²) in [7, 11) is 0. The molecule has 22 heavy (non-hydrogen) atoms. The van der Waals surface area contributed by atoms with Gasteiger partial charge in [0, 0.05) is 11.1 Å². The molecular weight excluding hydrogens is 276 g/mol. The second-order valence-electron chi connectivity index (χ2n) is 4.70. The van der Waals surface area contributed by atoms with E-state index in [1.165, 1.54) is 12.3 Å². The third-order valence-corrected chi connectivity index (χ3v) is 3.23. The van der Waals surface area contributed by atoms with Crippen molar-refractivity contribution in [3.63, 3.8) is 0 Å². The molecule has 0 saturated carbocycles. The van der Waals surface area contributed by atoms with E-state index < -0.39 is 0 Å². The summed E-state index contributed by atoms with van der Waals surface area (Å²) in [4.78, 5) is 8.72. The number of rotatable bonds is 2. The zero-order valence-electron chi connectivity index (χ0n) is 11.6. The molecule has 0 atom stereocenters. The van der Waals surface area contributed by atoms with Gasteiger partial charge < -0.3 is 10.8 Å². The van der Waals surface area contributed by atoms with Gasteiger partial charge in [-0.15, -0.1) is 0 Å². The van der Waals surface area contributed by atoms with Crippen molar-refractivity contribution in [1.82, 2.24) is 9.97 Å². The predicted molar refractivity (Wildman–Crippen MR) is 83.7 cm³/mol. The van der Waals surface area contributed by atoms with Crippen LogP contribution in [0, 0.1) is 11.3 Å². The Hall–Kier alpha value is -3.39. The van der Waals surface area contributed by atoms with Crippen LogP contribution < -0.4 is 5.73 Å². The molecule has 0 bridgehead atoms. The Morgan fingerprint density at radius 3 is 2.50 bits per heavy atom. The molecule has 5 nitrogen and oxygen atoms in total. The van der Waals surface area contributed by atoms with Gasteiger partial charge in [-0.05, 0) is 18.2 Å². The van der Waals surface area contributed by atoms with E-state index >= 15 is 0 Å². The minimum Gasteiger partial charge on any atom is -0.507 e. The van der Waals surface area contributed by atoms with Crippen LogP contribution in [0.3, 0.4) is 0 Å². The van der Waals surface area contributed by atoms with Crippen molar-refractivity contribution < 1.29 is 5.11 Å². The summed E-state index contributed by atoms with van der Waals surface area (Å²) in [5.41, 5.74) is 8.76. The number of benzene rings is 2. The number of aromatic nitrogens is 2. The molecule has 2 aromatic carbocycles. The summed E-state index contributed by atoms with van der Waals surface area (Å²) in [5.74, 6) is 0.262. The van der Waals surface area contributed by atoms with Crippen LogP contribution in [-0.2, 0) is 0 Å². The first-order valence-electron chi connectivity index (χ1n) is 6.60. The maximum atomic E-state index is 9.63. The van der Waals surface area contributed by atoms with Gasteiger partial charge in [-0.3, -0.25) is 4.98 Å². The SMILES string of the molecule is N#Cc1cc(-c2ncc(N)nc2-c2ccccc2)ccc1O. The number of nitrogen functional groups attached to an aromatic ring is 1. The Labute approximate surface area is 127 Å². The molecule has 0 amide bonds. The topological polar surface area (TPSA) is 95.8 Å². The van der Waals surface area contributed by atoms with Gasteiger partial charge >= 0.3 is 0 Å². The number of nitrogens with two attached hydrogens (primary N) is 1. The van der Waals surface area contributed by atoms with Gasteiger partial charge in [-0.25, -0.2) is 4.98 Å². The molecule has 1 aromatic heterocycles. The maximum absolute atomic E-state index is 9.63. The first-order chi connectivity index (χ1) is 10.7. The van der Waals surface area contributed by atoms with Gasteiger partial charge in [0.1, 0.15) is 17.6 Å². The summed E-state index contributed by atoms with van der Waals surface area (Å²) in [6.45, 7) is 0. The van der Waals surface area contributed by atoms with E-state index in [0.29, 0.717) is 22.8 Å². The second kappa shape index (κ2) is 5.54. The highest BCUT2D eigenvalue weighted by Crippen LogP contribution is 2.31. The smallest absolute Gasteiger partial charge is 0.142 e. The molecule has 0 unspecified atom stereocenters. The number of hydrogen-bond acceptors (Lipinski definition) is 5. The second-order valence-corrected chi connectivity index (χ2v) is 4.70. The summed E-state index contributed by atoms with van der Waals surface area (Å²) in [6.07, 6.45) is 1.47. The third-order valence-electron chi connectivity index (χ3n) is 3.23. The quantitative estimate of drug-likeness (QED) is 0.755. The van der Waals surface area contributed by atoms with Gasteiger partial charge in [0.05, 0.1) is 23.1 Å². The van der Waals surface area contributed by atoms with Gasteiger partial charge in [-0.2, -0.15) is 5.26 Å². The number of phenolic OH excluding ortho intramolecular Hbond substituents is 1. The molecule has 0 aliphatic heterocycles. The van der Waals surface area contributed by atoms with E-state index in [1.54, 1.807) is 12.1 Å². The normalized spacial score (nSPS) is 10.1. The molecule has 0 radical (unpaired) electrons. The van der Waals surface area contributed by atoms with E-state index in [0.717, 1.165) is 5.56 Å². The minimum atomic E-state index is -0.0593. The first kappa shape index (κ1) is 13.6. The lowest BCUT2D eigenvalue weighted by molar-refractivity contribution is 0.473. The fraction of sp³-hybridized carbons (Fsp3) is 0. The molecule has 3 rings (SSSR count). The largest absolute Gasteiger partial charge is 0.507 e. The summed E-state index contributed by atoms with van der Waals surface area (Å²) >= 11 is 0. The molecule has 106 valence electrons.